The lowest BCUT2D eigenvalue weighted by atomic mass is 10.0. The van der Waals surface area contributed by atoms with Gasteiger partial charge in [0.2, 0.25) is 17.7 Å². The molecule has 0 saturated heterocycles. The number of para-hydroxylation sites is 1. The van der Waals surface area contributed by atoms with Crippen molar-refractivity contribution >= 4 is 34.6 Å². The molecule has 0 aliphatic heterocycles. The highest BCUT2D eigenvalue weighted by Crippen LogP contribution is 2.19. The molecular formula is C25H29N5O5. The Hall–Kier alpha value is -4.18. The number of primary amides is 1. The Morgan fingerprint density at radius 2 is 1.63 bits per heavy atom. The molecule has 0 aliphatic carbocycles. The van der Waals surface area contributed by atoms with E-state index < -0.39 is 41.8 Å². The number of nitrogens with two attached hydrogens (primary N) is 2. The minimum absolute atomic E-state index is 0.0299. The minimum atomic E-state index is -1.22. The van der Waals surface area contributed by atoms with Crippen molar-refractivity contribution in [3.05, 3.63) is 71.9 Å². The van der Waals surface area contributed by atoms with Gasteiger partial charge in [0, 0.05) is 36.4 Å². The first kappa shape index (κ1) is 24.0. The summed E-state index contributed by atoms with van der Waals surface area (Å²) >= 11 is 0. The first-order chi connectivity index (χ1) is 17.3. The number of carbonyl (C=O) groups is 4. The lowest BCUT2D eigenvalue weighted by molar-refractivity contribution is -0.142. The van der Waals surface area contributed by atoms with Crippen LogP contribution in [0.4, 0.5) is 0 Å². The van der Waals surface area contributed by atoms with E-state index in [1.54, 1.807) is 36.5 Å². The van der Waals surface area contributed by atoms with Gasteiger partial charge in [-0.15, -0.1) is 0 Å². The fraction of sp³-hybridized carbons (Fsp3) is 0.280. The maximum atomic E-state index is 13.3. The summed E-state index contributed by atoms with van der Waals surface area (Å²) in [6, 6.07) is 12.9. The van der Waals surface area contributed by atoms with Gasteiger partial charge in [-0.2, -0.15) is 0 Å². The molecule has 10 nitrogen and oxygen atoms in total. The Balaban J connectivity index is 1.82. The summed E-state index contributed by atoms with van der Waals surface area (Å²) in [4.78, 5) is 52.3. The molecule has 0 bridgehead atoms. The van der Waals surface area contributed by atoms with Crippen molar-refractivity contribution in [3.63, 3.8) is 0 Å². The van der Waals surface area contributed by atoms with Gasteiger partial charge in [0.1, 0.15) is 13.5 Å². The van der Waals surface area contributed by atoms with E-state index in [0.29, 0.717) is 0 Å². The molecule has 0 radical (unpaired) electrons. The number of aromatic nitrogens is 1. The second kappa shape index (κ2) is 11.8. The van der Waals surface area contributed by atoms with E-state index in [4.69, 9.17) is 7.15 Å². The fourth-order valence-electron chi connectivity index (χ4n) is 3.74. The smallest absolute Gasteiger partial charge is 0.326 e. The molecule has 0 saturated carbocycles. The SMILES string of the molecule is [2H]N[C@@H](CCC(N)=O)C(=O)N[C@@H](Cc1c[nH]c2ccccc12)C(=O)N[C@@H](Cc1ccccc1)C(=O)O. The number of carboxylic acid groups (broad SMARTS) is 1. The molecule has 8 N–H and O–H groups in total. The summed E-state index contributed by atoms with van der Waals surface area (Å²) in [6.45, 7) is 0. The second-order valence-electron chi connectivity index (χ2n) is 8.27. The highest BCUT2D eigenvalue weighted by molar-refractivity contribution is 5.93. The van der Waals surface area contributed by atoms with Crippen molar-refractivity contribution in [2.24, 2.45) is 11.5 Å². The molecule has 3 amide bonds. The molecule has 0 aliphatic rings. The van der Waals surface area contributed by atoms with Gasteiger partial charge in [-0.1, -0.05) is 48.5 Å². The molecule has 35 heavy (non-hydrogen) atoms. The Morgan fingerprint density at radius 1 is 0.943 bits per heavy atom. The Bertz CT molecular complexity index is 1220. The number of carboxylic acids is 1. The van der Waals surface area contributed by atoms with Gasteiger partial charge < -0.3 is 32.2 Å². The van der Waals surface area contributed by atoms with E-state index >= 15 is 0 Å². The summed E-state index contributed by atoms with van der Waals surface area (Å²) in [5, 5.41) is 15.7. The second-order valence-corrected chi connectivity index (χ2v) is 8.27. The number of benzene rings is 2. The van der Waals surface area contributed by atoms with Crippen molar-refractivity contribution < 1.29 is 25.7 Å². The predicted molar refractivity (Wildman–Crippen MR) is 130 cm³/mol. The average molecular weight is 481 g/mol. The third-order valence-corrected chi connectivity index (χ3v) is 5.63. The van der Waals surface area contributed by atoms with Crippen molar-refractivity contribution in [2.75, 3.05) is 0 Å². The first-order valence-corrected chi connectivity index (χ1v) is 11.2. The molecule has 184 valence electrons. The zero-order chi connectivity index (χ0) is 26.1. The summed E-state index contributed by atoms with van der Waals surface area (Å²) in [6.07, 6.45) is 1.70. The zero-order valence-corrected chi connectivity index (χ0v) is 19.0. The van der Waals surface area contributed by atoms with Crippen molar-refractivity contribution in [1.29, 1.82) is 0 Å². The van der Waals surface area contributed by atoms with Gasteiger partial charge in [0.25, 0.3) is 0 Å². The highest BCUT2D eigenvalue weighted by atomic mass is 16.4. The summed E-state index contributed by atoms with van der Waals surface area (Å²) in [5.41, 5.74) is 9.55. The number of aliphatic carboxylic acids is 1. The standard InChI is InChI=1S/C25H29N5O5/c26-18(10-11-22(27)31)23(32)29-20(13-16-14-28-19-9-5-4-8-17(16)19)24(33)30-21(25(34)35)12-15-6-2-1-3-7-15/h1-9,14,18,20-21,28H,10-13,26H2,(H2,27,31)(H,29,32)(H,30,33)(H,34,35)/t18-,20-,21-/m0/s1/i/hD. The topological polar surface area (TPSA) is 180 Å². The summed E-state index contributed by atoms with van der Waals surface area (Å²) in [7, 11) is 0. The highest BCUT2D eigenvalue weighted by Gasteiger charge is 2.29. The van der Waals surface area contributed by atoms with E-state index in [0.717, 1.165) is 22.0 Å². The van der Waals surface area contributed by atoms with Crippen LogP contribution >= 0.6 is 0 Å². The van der Waals surface area contributed by atoms with Crippen LogP contribution in [0.25, 0.3) is 10.9 Å². The van der Waals surface area contributed by atoms with Gasteiger partial charge in [0.15, 0.2) is 0 Å². The van der Waals surface area contributed by atoms with Crippen LogP contribution in [0.15, 0.2) is 60.8 Å². The maximum Gasteiger partial charge on any atom is 0.326 e. The van der Waals surface area contributed by atoms with Crippen molar-refractivity contribution in [2.45, 2.75) is 43.8 Å². The molecule has 3 aromatic rings. The number of nitrogens with one attached hydrogen (secondary N) is 3. The molecule has 0 spiro atoms. The van der Waals surface area contributed by atoms with Crippen molar-refractivity contribution in [1.82, 2.24) is 15.6 Å². The zero-order valence-electron chi connectivity index (χ0n) is 20.0. The monoisotopic (exact) mass is 480 g/mol. The molecule has 3 atom stereocenters. The fourth-order valence-corrected chi connectivity index (χ4v) is 3.74. The maximum absolute atomic E-state index is 13.3. The summed E-state index contributed by atoms with van der Waals surface area (Å²) in [5.74, 6) is -3.20. The number of rotatable bonds is 13. The number of hydrogen-bond donors (Lipinski definition) is 6. The van der Waals surface area contributed by atoms with E-state index in [-0.39, 0.29) is 25.7 Å². The predicted octanol–water partition coefficient (Wildman–Crippen LogP) is 0.600. The van der Waals surface area contributed by atoms with Gasteiger partial charge in [0.05, 0.1) is 6.04 Å². The molecule has 1 heterocycles. The van der Waals surface area contributed by atoms with Crippen LogP contribution in [0.1, 0.15) is 24.0 Å². The lowest BCUT2D eigenvalue weighted by Gasteiger charge is -2.23. The number of carbonyl (C=O) groups excluding carboxylic acids is 3. The van der Waals surface area contributed by atoms with Gasteiger partial charge in [-0.3, -0.25) is 14.4 Å². The molecule has 1 aromatic heterocycles. The molecule has 3 rings (SSSR count). The number of hydrogen-bond acceptors (Lipinski definition) is 5. The summed E-state index contributed by atoms with van der Waals surface area (Å²) < 4.78 is 7.44. The van der Waals surface area contributed by atoms with Crippen LogP contribution in [0.3, 0.4) is 0 Å². The third kappa shape index (κ3) is 7.15. The first-order valence-electron chi connectivity index (χ1n) is 11.7. The molecule has 10 heteroatoms. The van der Waals surface area contributed by atoms with Crippen LogP contribution in [-0.2, 0) is 32.0 Å². The molecule has 0 fully saturated rings. The lowest BCUT2D eigenvalue weighted by Crippen LogP contribution is -2.55. The van der Waals surface area contributed by atoms with E-state index in [1.165, 1.54) is 0 Å². The third-order valence-electron chi connectivity index (χ3n) is 5.63. The van der Waals surface area contributed by atoms with Gasteiger partial charge >= 0.3 is 5.97 Å². The number of amides is 3. The van der Waals surface area contributed by atoms with E-state index in [9.17, 15) is 24.3 Å². The van der Waals surface area contributed by atoms with Crippen LogP contribution in [-0.4, -0.2) is 51.9 Å². The van der Waals surface area contributed by atoms with Crippen LogP contribution in [0.5, 0.6) is 0 Å². The van der Waals surface area contributed by atoms with Crippen LogP contribution in [0, 0.1) is 0 Å². The van der Waals surface area contributed by atoms with Gasteiger partial charge in [-0.25, -0.2) is 4.79 Å². The van der Waals surface area contributed by atoms with E-state index in [1.807, 2.05) is 24.3 Å². The number of aromatic amines is 1. The number of fused-ring (bicyclic) bond motifs is 1. The van der Waals surface area contributed by atoms with Crippen molar-refractivity contribution in [3.8, 4) is 0 Å². The quantitative estimate of drug-likeness (QED) is 0.208. The Kier molecular flexibility index (Phi) is 8.08. The largest absolute Gasteiger partial charge is 0.480 e. The van der Waals surface area contributed by atoms with E-state index in [2.05, 4.69) is 21.3 Å². The average Bonchev–Trinajstić information content (AvgIpc) is 3.26. The minimum Gasteiger partial charge on any atom is -0.480 e. The van der Waals surface area contributed by atoms with Crippen LogP contribution < -0.4 is 22.1 Å². The number of H-pyrrole nitrogens is 1. The molecule has 0 unspecified atom stereocenters. The van der Waals surface area contributed by atoms with Gasteiger partial charge in [-0.05, 0) is 23.6 Å². The molecular weight excluding hydrogens is 450 g/mol. The van der Waals surface area contributed by atoms with Crippen LogP contribution in [0.2, 0.25) is 1.41 Å². The Morgan fingerprint density at radius 3 is 2.31 bits per heavy atom. The Labute approximate surface area is 203 Å². The normalized spacial score (nSPS) is 13.9. The molecule has 2 aromatic carbocycles.